The van der Waals surface area contributed by atoms with Crippen molar-refractivity contribution in [2.75, 3.05) is 25.6 Å². The maximum absolute atomic E-state index is 12.4. The van der Waals surface area contributed by atoms with Gasteiger partial charge in [0.25, 0.3) is 5.91 Å². The van der Waals surface area contributed by atoms with Gasteiger partial charge in [0.2, 0.25) is 10.0 Å². The summed E-state index contributed by atoms with van der Waals surface area (Å²) in [6.07, 6.45) is 2.37. The first-order valence-electron chi connectivity index (χ1n) is 10.5. The van der Waals surface area contributed by atoms with Crippen LogP contribution >= 0.6 is 11.3 Å². The third-order valence-electron chi connectivity index (χ3n) is 5.05. The lowest BCUT2D eigenvalue weighted by Crippen LogP contribution is -2.22. The molecule has 9 nitrogen and oxygen atoms in total. The van der Waals surface area contributed by atoms with Gasteiger partial charge in [-0.2, -0.15) is 0 Å². The number of carbonyl (C=O) groups excluding carboxylic acids is 3. The van der Waals surface area contributed by atoms with Crippen molar-refractivity contribution in [3.63, 3.8) is 0 Å². The zero-order valence-electron chi connectivity index (χ0n) is 18.4. The molecule has 1 aliphatic rings. The number of sulfonamides is 1. The van der Waals surface area contributed by atoms with E-state index in [9.17, 15) is 22.8 Å². The molecule has 2 aromatic rings. The number of anilines is 1. The number of hydrogen-bond acceptors (Lipinski definition) is 8. The van der Waals surface area contributed by atoms with Crippen molar-refractivity contribution in [2.24, 2.45) is 0 Å². The summed E-state index contributed by atoms with van der Waals surface area (Å²) in [5.74, 6) is -1.26. The Kier molecular flexibility index (Phi) is 8.22. The van der Waals surface area contributed by atoms with E-state index in [2.05, 4.69) is 10.0 Å². The van der Waals surface area contributed by atoms with Crippen LogP contribution in [0.3, 0.4) is 0 Å². The number of hydrogen-bond donors (Lipinski definition) is 2. The highest BCUT2D eigenvalue weighted by Gasteiger charge is 2.32. The molecular formula is C22H26N2O7S2. The van der Waals surface area contributed by atoms with E-state index in [0.717, 1.165) is 24.0 Å². The van der Waals surface area contributed by atoms with E-state index in [4.69, 9.17) is 9.47 Å². The number of benzene rings is 1. The number of aryl methyl sites for hydroxylation is 1. The first-order valence-corrected chi connectivity index (χ1v) is 12.9. The molecule has 33 heavy (non-hydrogen) atoms. The topological polar surface area (TPSA) is 128 Å². The Labute approximate surface area is 196 Å². The third-order valence-corrected chi connectivity index (χ3v) is 7.40. The van der Waals surface area contributed by atoms with Crippen LogP contribution in [0.2, 0.25) is 0 Å². The summed E-state index contributed by atoms with van der Waals surface area (Å²) in [6.45, 7) is 1.48. The van der Waals surface area contributed by atoms with Gasteiger partial charge in [0, 0.05) is 6.42 Å². The predicted octanol–water partition coefficient (Wildman–Crippen LogP) is 2.82. The molecule has 178 valence electrons. The van der Waals surface area contributed by atoms with Crippen LogP contribution in [0.15, 0.2) is 34.5 Å². The van der Waals surface area contributed by atoms with Crippen LogP contribution in [0, 0.1) is 0 Å². The molecule has 1 amide bonds. The Morgan fingerprint density at radius 3 is 2.42 bits per heavy atom. The maximum atomic E-state index is 12.4. The van der Waals surface area contributed by atoms with E-state index in [-0.39, 0.29) is 17.9 Å². The van der Waals surface area contributed by atoms with E-state index in [0.29, 0.717) is 22.9 Å². The van der Waals surface area contributed by atoms with Crippen LogP contribution in [-0.4, -0.2) is 46.5 Å². The Bertz CT molecular complexity index is 1120. The molecule has 1 saturated carbocycles. The summed E-state index contributed by atoms with van der Waals surface area (Å²) in [7, 11) is -2.19. The van der Waals surface area contributed by atoms with Crippen molar-refractivity contribution in [2.45, 2.75) is 43.4 Å². The second-order valence-corrected chi connectivity index (χ2v) is 10.2. The SMILES string of the molecule is CCOC(=O)c1c(C2CC2)csc1NC(=O)COC(=O)CCc1ccc(S(=O)(=O)NC)cc1. The lowest BCUT2D eigenvalue weighted by atomic mass is 10.1. The average molecular weight is 495 g/mol. The van der Waals surface area contributed by atoms with Crippen LogP contribution in [0.25, 0.3) is 0 Å². The van der Waals surface area contributed by atoms with Crippen LogP contribution in [0.4, 0.5) is 5.00 Å². The summed E-state index contributed by atoms with van der Waals surface area (Å²) < 4.78 is 35.9. The molecular weight excluding hydrogens is 468 g/mol. The van der Waals surface area contributed by atoms with Gasteiger partial charge in [0.05, 0.1) is 17.1 Å². The molecule has 0 saturated heterocycles. The normalized spacial score (nSPS) is 13.4. The zero-order chi connectivity index (χ0) is 24.0. The molecule has 2 N–H and O–H groups in total. The van der Waals surface area contributed by atoms with Crippen molar-refractivity contribution < 1.29 is 32.3 Å². The molecule has 1 aromatic carbocycles. The van der Waals surface area contributed by atoms with Crippen molar-refractivity contribution in [3.05, 3.63) is 46.3 Å². The first kappa shape index (κ1) is 24.9. The lowest BCUT2D eigenvalue weighted by molar-refractivity contribution is -0.147. The van der Waals surface area contributed by atoms with Crippen LogP contribution in [0.5, 0.6) is 0 Å². The number of rotatable bonds is 11. The van der Waals surface area contributed by atoms with Crippen LogP contribution in [0.1, 0.15) is 53.6 Å². The third kappa shape index (κ3) is 6.62. The largest absolute Gasteiger partial charge is 0.462 e. The first-order chi connectivity index (χ1) is 15.7. The molecule has 1 fully saturated rings. The predicted molar refractivity (Wildman–Crippen MR) is 123 cm³/mol. The highest BCUT2D eigenvalue weighted by atomic mass is 32.2. The van der Waals surface area contributed by atoms with Crippen LogP contribution in [-0.2, 0) is 35.5 Å². The second kappa shape index (κ2) is 10.9. The average Bonchev–Trinajstić information content (AvgIpc) is 3.56. The molecule has 0 aliphatic heterocycles. The van der Waals surface area contributed by atoms with Gasteiger partial charge in [-0.15, -0.1) is 11.3 Å². The summed E-state index contributed by atoms with van der Waals surface area (Å²) in [4.78, 5) is 36.8. The second-order valence-electron chi connectivity index (χ2n) is 7.45. The molecule has 1 aromatic heterocycles. The van der Waals surface area contributed by atoms with Gasteiger partial charge < -0.3 is 14.8 Å². The highest BCUT2D eigenvalue weighted by Crippen LogP contribution is 2.46. The fraction of sp³-hybridized carbons (Fsp3) is 0.409. The molecule has 1 heterocycles. The van der Waals surface area contributed by atoms with Crippen molar-refractivity contribution in [1.29, 1.82) is 0 Å². The lowest BCUT2D eigenvalue weighted by Gasteiger charge is -2.09. The highest BCUT2D eigenvalue weighted by molar-refractivity contribution is 7.89. The summed E-state index contributed by atoms with van der Waals surface area (Å²) in [5.41, 5.74) is 2.03. The monoisotopic (exact) mass is 494 g/mol. The fourth-order valence-electron chi connectivity index (χ4n) is 3.15. The molecule has 0 bridgehead atoms. The molecule has 0 radical (unpaired) electrons. The number of thiophene rings is 1. The van der Waals surface area contributed by atoms with Gasteiger partial charge in [-0.25, -0.2) is 17.9 Å². The van der Waals surface area contributed by atoms with E-state index >= 15 is 0 Å². The molecule has 3 rings (SSSR count). The quantitative estimate of drug-likeness (QED) is 0.460. The fourth-order valence-corrected chi connectivity index (χ4v) is 4.93. The Balaban J connectivity index is 1.49. The Morgan fingerprint density at radius 1 is 1.12 bits per heavy atom. The molecule has 1 aliphatic carbocycles. The maximum Gasteiger partial charge on any atom is 0.341 e. The minimum absolute atomic E-state index is 0.0321. The molecule has 0 unspecified atom stereocenters. The van der Waals surface area contributed by atoms with E-state index < -0.39 is 34.5 Å². The van der Waals surface area contributed by atoms with Gasteiger partial charge in [0.1, 0.15) is 5.00 Å². The summed E-state index contributed by atoms with van der Waals surface area (Å²) >= 11 is 1.25. The van der Waals surface area contributed by atoms with Gasteiger partial charge in [-0.1, -0.05) is 12.1 Å². The molecule has 11 heteroatoms. The number of amides is 1. The van der Waals surface area contributed by atoms with Crippen molar-refractivity contribution in [3.8, 4) is 0 Å². The Morgan fingerprint density at radius 2 is 1.82 bits per heavy atom. The van der Waals surface area contributed by atoms with Gasteiger partial charge in [0.15, 0.2) is 6.61 Å². The number of ether oxygens (including phenoxy) is 2. The molecule has 0 atom stereocenters. The van der Waals surface area contributed by atoms with Gasteiger partial charge in [-0.05, 0) is 67.8 Å². The van der Waals surface area contributed by atoms with Crippen molar-refractivity contribution in [1.82, 2.24) is 4.72 Å². The van der Waals surface area contributed by atoms with Gasteiger partial charge in [-0.3, -0.25) is 9.59 Å². The standard InChI is InChI=1S/C22H26N2O7S2/c1-3-30-22(27)20-17(15-7-8-15)13-32-21(20)24-18(25)12-31-19(26)11-6-14-4-9-16(10-5-14)33(28,29)23-2/h4-5,9-10,13,15,23H,3,6-8,11-12H2,1-2H3,(H,24,25). The van der Waals surface area contributed by atoms with Crippen molar-refractivity contribution >= 4 is 44.2 Å². The smallest absolute Gasteiger partial charge is 0.341 e. The van der Waals surface area contributed by atoms with Gasteiger partial charge >= 0.3 is 11.9 Å². The minimum Gasteiger partial charge on any atom is -0.462 e. The minimum atomic E-state index is -3.52. The van der Waals surface area contributed by atoms with E-state index in [1.165, 1.54) is 30.5 Å². The van der Waals surface area contributed by atoms with E-state index in [1.807, 2.05) is 5.38 Å². The zero-order valence-corrected chi connectivity index (χ0v) is 20.0. The summed E-state index contributed by atoms with van der Waals surface area (Å²) in [6, 6.07) is 6.15. The number of esters is 2. The number of carbonyl (C=O) groups is 3. The number of nitrogens with one attached hydrogen (secondary N) is 2. The van der Waals surface area contributed by atoms with E-state index in [1.54, 1.807) is 19.1 Å². The summed E-state index contributed by atoms with van der Waals surface area (Å²) in [5, 5.41) is 4.90. The molecule has 0 spiro atoms. The Hall–Kier alpha value is -2.76. The van der Waals surface area contributed by atoms with Crippen LogP contribution < -0.4 is 10.0 Å².